The zero-order valence-electron chi connectivity index (χ0n) is 33.0. The number of rotatable bonds is 16. The highest BCUT2D eigenvalue weighted by molar-refractivity contribution is 6.08. The van der Waals surface area contributed by atoms with E-state index in [1.54, 1.807) is 13.8 Å². The fraction of sp³-hybridized carbons (Fsp3) is 0.160. The van der Waals surface area contributed by atoms with Crippen LogP contribution in [0.3, 0.4) is 0 Å². The van der Waals surface area contributed by atoms with Crippen LogP contribution >= 0.6 is 0 Å². The third-order valence-corrected chi connectivity index (χ3v) is 10.1. The predicted octanol–water partition coefficient (Wildman–Crippen LogP) is 10.8. The summed E-state index contributed by atoms with van der Waals surface area (Å²) < 4.78 is 34.6. The molecule has 0 aliphatic carbocycles. The van der Waals surface area contributed by atoms with Crippen molar-refractivity contribution in [2.24, 2.45) is 0 Å². The van der Waals surface area contributed by atoms with E-state index in [2.05, 4.69) is 70.8 Å². The van der Waals surface area contributed by atoms with E-state index >= 15 is 0 Å². The number of nitrogens with zero attached hydrogens (tertiary/aromatic N) is 2. The molecule has 9 nitrogen and oxygen atoms in total. The summed E-state index contributed by atoms with van der Waals surface area (Å²) in [7, 11) is 0. The van der Waals surface area contributed by atoms with Crippen LogP contribution in [0.25, 0.3) is 43.6 Å². The molecule has 296 valence electrons. The van der Waals surface area contributed by atoms with Crippen LogP contribution in [0.15, 0.2) is 170 Å². The molecule has 0 radical (unpaired) electrons. The second-order valence-electron chi connectivity index (χ2n) is 14.6. The van der Waals surface area contributed by atoms with Crippen molar-refractivity contribution >= 4 is 55.6 Å². The smallest absolute Gasteiger partial charge is 0.333 e. The molecule has 0 aliphatic heterocycles. The molecule has 59 heavy (non-hydrogen) atoms. The summed E-state index contributed by atoms with van der Waals surface area (Å²) in [6.45, 7) is 11.9. The number of esters is 2. The molecule has 8 rings (SSSR count). The van der Waals surface area contributed by atoms with Crippen LogP contribution in [0, 0.1) is 0 Å². The van der Waals surface area contributed by atoms with Gasteiger partial charge < -0.3 is 32.8 Å². The third-order valence-electron chi connectivity index (χ3n) is 10.1. The van der Waals surface area contributed by atoms with Gasteiger partial charge in [0.15, 0.2) is 12.2 Å². The predicted molar refractivity (Wildman–Crippen MR) is 232 cm³/mol. The Morgan fingerprint density at radius 3 is 1.05 bits per heavy atom. The number of para-hydroxylation sites is 4. The van der Waals surface area contributed by atoms with Gasteiger partial charge >= 0.3 is 11.9 Å². The molecule has 2 unspecified atom stereocenters. The largest absolute Gasteiger partial charge is 0.490 e. The zero-order chi connectivity index (χ0) is 40.9. The number of ether oxygens (including phenoxy) is 5. The quantitative estimate of drug-likeness (QED) is 0.0712. The molecule has 2 aromatic heterocycles. The van der Waals surface area contributed by atoms with Crippen molar-refractivity contribution in [2.75, 3.05) is 13.2 Å². The Morgan fingerprint density at radius 1 is 0.458 bits per heavy atom. The monoisotopic (exact) mass is 784 g/mol. The fourth-order valence-electron chi connectivity index (χ4n) is 7.28. The number of benzene rings is 6. The zero-order valence-corrected chi connectivity index (χ0v) is 33.0. The van der Waals surface area contributed by atoms with Gasteiger partial charge in [-0.3, -0.25) is 0 Å². The molecule has 8 aromatic rings. The van der Waals surface area contributed by atoms with E-state index in [-0.39, 0.29) is 13.2 Å². The Labute approximate surface area is 342 Å². The van der Waals surface area contributed by atoms with Gasteiger partial charge in [-0.15, -0.1) is 0 Å². The van der Waals surface area contributed by atoms with Crippen molar-refractivity contribution in [3.05, 3.63) is 170 Å². The van der Waals surface area contributed by atoms with Crippen molar-refractivity contribution in [3.63, 3.8) is 0 Å². The van der Waals surface area contributed by atoms with Gasteiger partial charge in [0.05, 0.1) is 13.1 Å². The number of fused-ring (bicyclic) bond motifs is 6. The molecule has 0 bridgehead atoms. The van der Waals surface area contributed by atoms with Gasteiger partial charge in [0.2, 0.25) is 0 Å². The van der Waals surface area contributed by atoms with E-state index in [1.807, 2.05) is 97.1 Å². The number of hydrogen-bond donors (Lipinski definition) is 0. The summed E-state index contributed by atoms with van der Waals surface area (Å²) in [5.74, 6) is 1.49. The first-order chi connectivity index (χ1) is 28.7. The van der Waals surface area contributed by atoms with E-state index in [0.29, 0.717) is 47.2 Å². The minimum atomic E-state index is -0.586. The van der Waals surface area contributed by atoms with E-state index in [9.17, 15) is 9.59 Å². The summed E-state index contributed by atoms with van der Waals surface area (Å²) >= 11 is 0. The Bertz CT molecular complexity index is 2520. The van der Waals surface area contributed by atoms with E-state index in [4.69, 9.17) is 23.7 Å². The van der Waals surface area contributed by atoms with Crippen LogP contribution in [0.5, 0.6) is 23.0 Å². The van der Waals surface area contributed by atoms with Crippen molar-refractivity contribution in [1.29, 1.82) is 0 Å². The molecule has 9 heteroatoms. The first-order valence-electron chi connectivity index (χ1n) is 19.5. The molecule has 2 heterocycles. The van der Waals surface area contributed by atoms with Gasteiger partial charge in [-0.1, -0.05) is 86.0 Å². The third kappa shape index (κ3) is 8.55. The van der Waals surface area contributed by atoms with Crippen LogP contribution in [-0.2, 0) is 32.2 Å². The molecule has 0 aliphatic rings. The summed E-state index contributed by atoms with van der Waals surface area (Å²) in [5.41, 5.74) is 4.85. The maximum absolute atomic E-state index is 12.7. The van der Waals surface area contributed by atoms with Gasteiger partial charge in [-0.25, -0.2) is 9.59 Å². The average Bonchev–Trinajstić information content (AvgIpc) is 3.74. The van der Waals surface area contributed by atoms with Crippen molar-refractivity contribution in [3.8, 4) is 23.0 Å². The average molecular weight is 785 g/mol. The first-order valence-corrected chi connectivity index (χ1v) is 19.5. The highest BCUT2D eigenvalue weighted by atomic mass is 16.6. The summed E-state index contributed by atoms with van der Waals surface area (Å²) in [6, 6.07) is 47.3. The lowest BCUT2D eigenvalue weighted by molar-refractivity contribution is -0.147. The lowest BCUT2D eigenvalue weighted by Crippen LogP contribution is -2.30. The standard InChI is InChI=1S/C50H44N2O7/c1-33(2)49(53)58-39(29-51-45-17-9-5-13-41(45)42-14-6-10-18-46(42)51)31-55-35-21-25-37(26-22-35)57-38-27-23-36(24-28-38)56-32-40(59-50(54)34(3)4)30-52-47-19-11-7-15-43(47)44-16-8-12-20-48(44)52/h5-28,39-40H,1,3,29-32H2,2,4H3. The summed E-state index contributed by atoms with van der Waals surface area (Å²) in [4.78, 5) is 25.4. The summed E-state index contributed by atoms with van der Waals surface area (Å²) in [6.07, 6.45) is -1.17. The molecule has 0 N–H and O–H groups in total. The minimum absolute atomic E-state index is 0.132. The Kier molecular flexibility index (Phi) is 11.2. The molecular weight excluding hydrogens is 741 g/mol. The van der Waals surface area contributed by atoms with Crippen LogP contribution in [-0.4, -0.2) is 46.5 Å². The highest BCUT2D eigenvalue weighted by Gasteiger charge is 2.22. The van der Waals surface area contributed by atoms with Gasteiger partial charge in [-0.05, 0) is 86.6 Å². The fourth-order valence-corrected chi connectivity index (χ4v) is 7.28. The Morgan fingerprint density at radius 2 is 0.746 bits per heavy atom. The normalized spacial score (nSPS) is 12.3. The maximum Gasteiger partial charge on any atom is 0.333 e. The second-order valence-corrected chi connectivity index (χ2v) is 14.6. The SMILES string of the molecule is C=C(C)C(=O)OC(COc1ccc(Oc2ccc(OCC(Cn3c4ccccc4c4ccccc43)OC(=O)C(=C)C)cc2)cc1)Cn1c2ccccc2c2ccccc21. The Balaban J connectivity index is 0.904. The van der Waals surface area contributed by atoms with E-state index in [1.165, 1.54) is 0 Å². The lowest BCUT2D eigenvalue weighted by Gasteiger charge is -2.21. The molecule has 2 atom stereocenters. The number of aromatic nitrogens is 2. The van der Waals surface area contributed by atoms with Gasteiger partial charge in [0.25, 0.3) is 0 Å². The Hall–Kier alpha value is -7.26. The van der Waals surface area contributed by atoms with Crippen LogP contribution in [0.4, 0.5) is 0 Å². The van der Waals surface area contributed by atoms with E-state index < -0.39 is 24.1 Å². The number of hydrogen-bond acceptors (Lipinski definition) is 7. The van der Waals surface area contributed by atoms with Gasteiger partial charge in [0.1, 0.15) is 36.2 Å². The second kappa shape index (κ2) is 17.1. The van der Waals surface area contributed by atoms with Gasteiger partial charge in [-0.2, -0.15) is 0 Å². The first kappa shape index (κ1) is 38.6. The number of carbonyl (C=O) groups excluding carboxylic acids is 2. The topological polar surface area (TPSA) is 90.2 Å². The molecule has 0 spiro atoms. The lowest BCUT2D eigenvalue weighted by atomic mass is 10.2. The molecule has 0 saturated heterocycles. The number of carbonyl (C=O) groups is 2. The van der Waals surface area contributed by atoms with E-state index in [0.717, 1.165) is 43.6 Å². The maximum atomic E-state index is 12.7. The molecule has 0 saturated carbocycles. The minimum Gasteiger partial charge on any atom is -0.490 e. The van der Waals surface area contributed by atoms with Crippen LogP contribution in [0.2, 0.25) is 0 Å². The molecule has 6 aromatic carbocycles. The molecular formula is C50H44N2O7. The van der Waals surface area contributed by atoms with Crippen LogP contribution in [0.1, 0.15) is 13.8 Å². The van der Waals surface area contributed by atoms with Crippen molar-refractivity contribution in [1.82, 2.24) is 9.13 Å². The molecule has 0 amide bonds. The van der Waals surface area contributed by atoms with Crippen molar-refractivity contribution in [2.45, 2.75) is 39.1 Å². The van der Waals surface area contributed by atoms with Crippen LogP contribution < -0.4 is 14.2 Å². The molecule has 0 fully saturated rings. The van der Waals surface area contributed by atoms with Crippen molar-refractivity contribution < 1.29 is 33.3 Å². The summed E-state index contributed by atoms with van der Waals surface area (Å²) in [5, 5.41) is 4.53. The van der Waals surface area contributed by atoms with Gasteiger partial charge in [0, 0.05) is 54.8 Å². The highest BCUT2D eigenvalue weighted by Crippen LogP contribution is 2.32.